The number of nitrogens with zero attached hydrogens (tertiary/aromatic N) is 5. The third-order valence-corrected chi connectivity index (χ3v) is 11.1. The summed E-state index contributed by atoms with van der Waals surface area (Å²) >= 11 is 1.78. The summed E-state index contributed by atoms with van der Waals surface area (Å²) in [6.45, 7) is 0.523. The molecule has 298 valence electrons. The number of benzene rings is 3. The molecule has 4 aromatic rings. The lowest BCUT2D eigenvalue weighted by Crippen LogP contribution is -2.44. The number of thioether (sulfide) groups is 1. The zero-order valence-corrected chi connectivity index (χ0v) is 30.8. The molecule has 4 heterocycles. The maximum Gasteiger partial charge on any atom is 0.417 e. The quantitative estimate of drug-likeness (QED) is 0.172. The van der Waals surface area contributed by atoms with Gasteiger partial charge in [-0.1, -0.05) is 30.3 Å². The van der Waals surface area contributed by atoms with Gasteiger partial charge in [-0.3, -0.25) is 24.7 Å². The van der Waals surface area contributed by atoms with Crippen LogP contribution in [-0.4, -0.2) is 79.1 Å². The monoisotopic (exact) mass is 813 g/mol. The summed E-state index contributed by atoms with van der Waals surface area (Å²) in [7, 11) is 0. The molecule has 0 bridgehead atoms. The average Bonchev–Trinajstić information content (AvgIpc) is 3.71. The molecule has 2 fully saturated rings. The Morgan fingerprint density at radius 1 is 0.912 bits per heavy atom. The molecule has 2 saturated heterocycles. The fourth-order valence-corrected chi connectivity index (χ4v) is 8.15. The van der Waals surface area contributed by atoms with Crippen LogP contribution in [0.25, 0.3) is 11.4 Å². The number of amides is 3. The molecule has 0 spiro atoms. The highest BCUT2D eigenvalue weighted by Gasteiger charge is 2.51. The minimum absolute atomic E-state index is 0.0352. The van der Waals surface area contributed by atoms with E-state index in [4.69, 9.17) is 5.41 Å². The van der Waals surface area contributed by atoms with Crippen molar-refractivity contribution in [2.75, 3.05) is 24.6 Å². The molecule has 3 aromatic carbocycles. The number of halogens is 7. The fraction of sp³-hybridized carbons (Fsp3) is 0.333. The molecule has 0 aliphatic carbocycles. The van der Waals surface area contributed by atoms with Crippen molar-refractivity contribution in [3.8, 4) is 11.4 Å². The van der Waals surface area contributed by atoms with E-state index in [1.54, 1.807) is 40.9 Å². The Bertz CT molecular complexity index is 2230. The van der Waals surface area contributed by atoms with E-state index < -0.39 is 78.4 Å². The molecule has 3 aliphatic heterocycles. The number of nitrogens with one attached hydrogen (secondary N) is 2. The van der Waals surface area contributed by atoms with Crippen LogP contribution in [-0.2, 0) is 36.1 Å². The summed E-state index contributed by atoms with van der Waals surface area (Å²) in [5.74, 6) is -1.19. The maximum absolute atomic E-state index is 14.4. The lowest BCUT2D eigenvalue weighted by atomic mass is 9.84. The van der Waals surface area contributed by atoms with Crippen LogP contribution in [0.3, 0.4) is 0 Å². The normalized spacial score (nSPS) is 18.5. The Morgan fingerprint density at radius 3 is 2.35 bits per heavy atom. The van der Waals surface area contributed by atoms with Crippen LogP contribution < -0.4 is 5.32 Å². The first-order valence-electron chi connectivity index (χ1n) is 17.9. The smallest absolute Gasteiger partial charge is 0.338 e. The van der Waals surface area contributed by atoms with Crippen molar-refractivity contribution in [2.45, 2.75) is 56.8 Å². The summed E-state index contributed by atoms with van der Waals surface area (Å²) in [5.41, 5.74) is -1.77. The van der Waals surface area contributed by atoms with Gasteiger partial charge in [0.2, 0.25) is 0 Å². The van der Waals surface area contributed by atoms with Crippen molar-refractivity contribution < 1.29 is 45.1 Å². The molecule has 3 aliphatic rings. The van der Waals surface area contributed by atoms with E-state index in [-0.39, 0.29) is 35.9 Å². The lowest BCUT2D eigenvalue weighted by Gasteiger charge is -2.28. The van der Waals surface area contributed by atoms with Crippen LogP contribution >= 0.6 is 11.8 Å². The SMILES string of the molecule is N=C1N[C@](CCCC(F)(F)F)(c2ccc(F)cc2)C(=O)N1Cc1ccc(C(F)(F)F)c(C(=O)N2Cc3cnc(-c4cccc(C(=O)N5CCSCC5)c4)nc3C2)c1. The molecule has 18 heteroatoms. The van der Waals surface area contributed by atoms with Gasteiger partial charge in [0.15, 0.2) is 11.8 Å². The van der Waals surface area contributed by atoms with Crippen LogP contribution in [0.1, 0.15) is 67.9 Å². The highest BCUT2D eigenvalue weighted by atomic mass is 32.2. The van der Waals surface area contributed by atoms with Gasteiger partial charge < -0.3 is 15.1 Å². The van der Waals surface area contributed by atoms with Crippen LogP contribution in [0.5, 0.6) is 0 Å². The van der Waals surface area contributed by atoms with Crippen LogP contribution in [0.2, 0.25) is 0 Å². The average molecular weight is 814 g/mol. The molecule has 0 unspecified atom stereocenters. The van der Waals surface area contributed by atoms with Gasteiger partial charge in [0, 0.05) is 60.4 Å². The number of fused-ring (bicyclic) bond motifs is 1. The second-order valence-electron chi connectivity index (χ2n) is 13.9. The molecular weight excluding hydrogens is 780 g/mol. The summed E-state index contributed by atoms with van der Waals surface area (Å²) in [6.07, 6.45) is -10.2. The van der Waals surface area contributed by atoms with Gasteiger partial charge >= 0.3 is 12.4 Å². The van der Waals surface area contributed by atoms with E-state index in [0.717, 1.165) is 40.7 Å². The molecule has 57 heavy (non-hydrogen) atoms. The van der Waals surface area contributed by atoms with Gasteiger partial charge in [-0.15, -0.1) is 0 Å². The number of aromatic nitrogens is 2. The van der Waals surface area contributed by atoms with Crippen molar-refractivity contribution in [2.24, 2.45) is 0 Å². The number of hydrogen-bond acceptors (Lipinski definition) is 7. The van der Waals surface area contributed by atoms with Gasteiger partial charge in [-0.05, 0) is 60.4 Å². The van der Waals surface area contributed by atoms with Crippen LogP contribution in [0.4, 0.5) is 30.7 Å². The number of carbonyl (C=O) groups is 3. The van der Waals surface area contributed by atoms with E-state index >= 15 is 0 Å². The topological polar surface area (TPSA) is 123 Å². The molecular formula is C39H34F7N7O3S. The minimum atomic E-state index is -4.95. The Labute approximate surface area is 326 Å². The maximum atomic E-state index is 14.4. The third kappa shape index (κ3) is 8.31. The molecule has 7 rings (SSSR count). The molecule has 0 radical (unpaired) electrons. The number of hydrogen-bond donors (Lipinski definition) is 2. The molecule has 0 saturated carbocycles. The van der Waals surface area contributed by atoms with E-state index in [9.17, 15) is 45.1 Å². The molecule has 1 atom stereocenters. The number of guanidine groups is 1. The van der Waals surface area contributed by atoms with Crippen molar-refractivity contribution in [3.05, 3.63) is 118 Å². The van der Waals surface area contributed by atoms with E-state index in [1.807, 2.05) is 0 Å². The highest BCUT2D eigenvalue weighted by Crippen LogP contribution is 2.38. The molecule has 2 N–H and O–H groups in total. The Morgan fingerprint density at radius 2 is 1.65 bits per heavy atom. The van der Waals surface area contributed by atoms with Gasteiger partial charge in [0.1, 0.15) is 11.4 Å². The predicted molar refractivity (Wildman–Crippen MR) is 195 cm³/mol. The van der Waals surface area contributed by atoms with Gasteiger partial charge in [-0.25, -0.2) is 14.4 Å². The molecule has 3 amide bonds. The van der Waals surface area contributed by atoms with Crippen molar-refractivity contribution in [1.29, 1.82) is 5.41 Å². The largest absolute Gasteiger partial charge is 0.417 e. The molecule has 1 aromatic heterocycles. The second-order valence-corrected chi connectivity index (χ2v) is 15.2. The van der Waals surface area contributed by atoms with Crippen LogP contribution in [0.15, 0.2) is 72.9 Å². The number of rotatable bonds is 9. The first-order valence-corrected chi connectivity index (χ1v) is 19.0. The Hall–Kier alpha value is -5.52. The fourth-order valence-electron chi connectivity index (χ4n) is 7.25. The zero-order chi connectivity index (χ0) is 40.7. The highest BCUT2D eigenvalue weighted by molar-refractivity contribution is 7.99. The summed E-state index contributed by atoms with van der Waals surface area (Å²) in [4.78, 5) is 53.8. The lowest BCUT2D eigenvalue weighted by molar-refractivity contribution is -0.140. The van der Waals surface area contributed by atoms with Gasteiger partial charge in [0.05, 0.1) is 29.9 Å². The van der Waals surface area contributed by atoms with E-state index in [2.05, 4.69) is 15.3 Å². The van der Waals surface area contributed by atoms with Gasteiger partial charge in [0.25, 0.3) is 17.7 Å². The van der Waals surface area contributed by atoms with E-state index in [0.29, 0.717) is 41.5 Å². The first-order chi connectivity index (χ1) is 27.0. The van der Waals surface area contributed by atoms with Crippen molar-refractivity contribution in [1.82, 2.24) is 30.0 Å². The minimum Gasteiger partial charge on any atom is -0.338 e. The Kier molecular flexibility index (Phi) is 10.8. The van der Waals surface area contributed by atoms with Crippen molar-refractivity contribution in [3.63, 3.8) is 0 Å². The Balaban J connectivity index is 1.12. The number of carbonyl (C=O) groups excluding carboxylic acids is 3. The van der Waals surface area contributed by atoms with E-state index in [1.165, 1.54) is 23.2 Å². The second kappa shape index (κ2) is 15.4. The summed E-state index contributed by atoms with van der Waals surface area (Å²) in [5, 5.41) is 11.2. The summed E-state index contributed by atoms with van der Waals surface area (Å²) in [6, 6.07) is 14.0. The number of alkyl halides is 6. The third-order valence-electron chi connectivity index (χ3n) is 10.1. The standard InChI is InChI=1S/C39H34F7N7O3S/c40-28-8-6-27(7-9-28)37(11-2-12-38(41,42)43)35(56)53(36(47)50-37)20-23-5-10-30(39(44,45)46)29(17-23)34(55)52-21-26-19-48-32(49-31(26)22-52)24-3-1-4-25(18-24)33(54)51-13-15-57-16-14-51/h1,3-10,17-19H,2,11-16,20-22H2,(H2,47,50)/t37-/m1/s1. The molecule has 10 nitrogen and oxygen atoms in total. The van der Waals surface area contributed by atoms with Crippen molar-refractivity contribution >= 4 is 35.4 Å². The summed E-state index contributed by atoms with van der Waals surface area (Å²) < 4.78 is 96.1. The zero-order valence-electron chi connectivity index (χ0n) is 30.0. The van der Waals surface area contributed by atoms with Gasteiger partial charge in [-0.2, -0.15) is 38.1 Å². The predicted octanol–water partition coefficient (Wildman–Crippen LogP) is 7.14. The first kappa shape index (κ1) is 39.7. The van der Waals surface area contributed by atoms with Crippen LogP contribution in [0, 0.1) is 11.2 Å².